The van der Waals surface area contributed by atoms with Crippen LogP contribution in [-0.2, 0) is 0 Å². The Hall–Kier alpha value is -2.83. The molecule has 7 nitrogen and oxygen atoms in total. The van der Waals surface area contributed by atoms with Gasteiger partial charge in [-0.1, -0.05) is 0 Å². The van der Waals surface area contributed by atoms with Crippen molar-refractivity contribution in [3.63, 3.8) is 0 Å². The predicted molar refractivity (Wildman–Crippen MR) is 92.0 cm³/mol. The molecule has 1 aromatic carbocycles. The average molecular weight is 340 g/mol. The Morgan fingerprint density at radius 3 is 2.68 bits per heavy atom. The Labute approximate surface area is 146 Å². The number of benzene rings is 1. The number of hydrogen-bond donors (Lipinski definition) is 1. The molecule has 7 heteroatoms. The quantitative estimate of drug-likeness (QED) is 0.920. The van der Waals surface area contributed by atoms with Crippen LogP contribution in [0.1, 0.15) is 23.2 Å². The van der Waals surface area contributed by atoms with Gasteiger partial charge in [-0.05, 0) is 43.2 Å². The van der Waals surface area contributed by atoms with Gasteiger partial charge in [0.2, 0.25) is 0 Å². The lowest BCUT2D eigenvalue weighted by Crippen LogP contribution is -2.42. The van der Waals surface area contributed by atoms with Crippen molar-refractivity contribution in [1.29, 1.82) is 0 Å². The van der Waals surface area contributed by atoms with Crippen LogP contribution < -0.4 is 14.8 Å². The number of fused-ring (bicyclic) bond motifs is 1. The van der Waals surface area contributed by atoms with E-state index in [0.29, 0.717) is 49.4 Å². The summed E-state index contributed by atoms with van der Waals surface area (Å²) in [7, 11) is 0. The van der Waals surface area contributed by atoms with Crippen LogP contribution in [0.3, 0.4) is 0 Å². The molecule has 130 valence electrons. The number of amides is 1. The summed E-state index contributed by atoms with van der Waals surface area (Å²) >= 11 is 0. The third-order valence-corrected chi connectivity index (χ3v) is 4.50. The van der Waals surface area contributed by atoms with E-state index in [-0.39, 0.29) is 5.91 Å². The van der Waals surface area contributed by atoms with Gasteiger partial charge in [-0.25, -0.2) is 0 Å². The molecule has 2 aliphatic rings. The number of anilines is 1. The second-order valence-electron chi connectivity index (χ2n) is 6.18. The molecule has 2 aromatic rings. The minimum atomic E-state index is 0.0370. The van der Waals surface area contributed by atoms with Crippen LogP contribution in [0, 0.1) is 0 Å². The van der Waals surface area contributed by atoms with Gasteiger partial charge in [0, 0.05) is 30.9 Å². The summed E-state index contributed by atoms with van der Waals surface area (Å²) < 4.78 is 11.1. The summed E-state index contributed by atoms with van der Waals surface area (Å²) in [4.78, 5) is 14.6. The van der Waals surface area contributed by atoms with E-state index < -0.39 is 0 Å². The van der Waals surface area contributed by atoms with Crippen molar-refractivity contribution in [3.05, 3.63) is 42.1 Å². The van der Waals surface area contributed by atoms with Gasteiger partial charge >= 0.3 is 0 Å². The Morgan fingerprint density at radius 2 is 1.92 bits per heavy atom. The maximum atomic E-state index is 12.7. The molecule has 0 bridgehead atoms. The average Bonchev–Trinajstić information content (AvgIpc) is 2.68. The van der Waals surface area contributed by atoms with Gasteiger partial charge in [-0.2, -0.15) is 5.10 Å². The molecule has 1 amide bonds. The maximum absolute atomic E-state index is 12.7. The highest BCUT2D eigenvalue weighted by atomic mass is 16.6. The first kappa shape index (κ1) is 15.7. The van der Waals surface area contributed by atoms with E-state index in [4.69, 9.17) is 9.47 Å². The number of ether oxygens (including phenoxy) is 2. The number of piperidine rings is 1. The van der Waals surface area contributed by atoms with Crippen molar-refractivity contribution >= 4 is 11.7 Å². The molecule has 4 rings (SSSR count). The fourth-order valence-corrected chi connectivity index (χ4v) is 3.17. The number of nitrogens with zero attached hydrogens (tertiary/aromatic N) is 3. The van der Waals surface area contributed by atoms with E-state index in [2.05, 4.69) is 15.5 Å². The first-order valence-corrected chi connectivity index (χ1v) is 8.53. The topological polar surface area (TPSA) is 76.6 Å². The normalized spacial score (nSPS) is 17.2. The zero-order valence-corrected chi connectivity index (χ0v) is 13.9. The number of carbonyl (C=O) groups is 1. The zero-order chi connectivity index (χ0) is 17.1. The summed E-state index contributed by atoms with van der Waals surface area (Å²) in [6, 6.07) is 9.46. The van der Waals surface area contributed by atoms with Crippen molar-refractivity contribution in [2.75, 3.05) is 31.6 Å². The summed E-state index contributed by atoms with van der Waals surface area (Å²) in [5.74, 6) is 2.17. The Morgan fingerprint density at radius 1 is 1.12 bits per heavy atom. The number of hydrogen-bond acceptors (Lipinski definition) is 6. The van der Waals surface area contributed by atoms with Gasteiger partial charge in [0.15, 0.2) is 11.5 Å². The van der Waals surface area contributed by atoms with E-state index in [9.17, 15) is 4.79 Å². The van der Waals surface area contributed by atoms with Crippen LogP contribution in [0.4, 0.5) is 5.82 Å². The molecular weight excluding hydrogens is 320 g/mol. The van der Waals surface area contributed by atoms with Crippen molar-refractivity contribution < 1.29 is 14.3 Å². The fourth-order valence-electron chi connectivity index (χ4n) is 3.17. The van der Waals surface area contributed by atoms with Gasteiger partial charge in [-0.15, -0.1) is 5.10 Å². The molecule has 0 atom stereocenters. The van der Waals surface area contributed by atoms with E-state index in [0.717, 1.165) is 18.7 Å². The molecule has 0 aliphatic carbocycles. The molecule has 1 N–H and O–H groups in total. The van der Waals surface area contributed by atoms with Crippen molar-refractivity contribution in [2.24, 2.45) is 0 Å². The summed E-state index contributed by atoms with van der Waals surface area (Å²) in [5, 5.41) is 11.3. The molecule has 1 fully saturated rings. The first-order valence-electron chi connectivity index (χ1n) is 8.53. The molecule has 0 saturated carbocycles. The van der Waals surface area contributed by atoms with Gasteiger partial charge in [0.25, 0.3) is 5.91 Å². The standard InChI is InChI=1S/C18H20N4O3/c23-18(13-3-4-15-16(12-13)25-11-10-24-15)22-8-5-14(6-9-22)20-17-2-1-7-19-21-17/h1-4,7,12,14H,5-6,8-11H2,(H,20,21). The van der Waals surface area contributed by atoms with Gasteiger partial charge < -0.3 is 19.7 Å². The van der Waals surface area contributed by atoms with Crippen LogP contribution in [0.5, 0.6) is 11.5 Å². The molecule has 0 unspecified atom stereocenters. The van der Waals surface area contributed by atoms with E-state index in [1.165, 1.54) is 0 Å². The Balaban J connectivity index is 1.36. The minimum absolute atomic E-state index is 0.0370. The highest BCUT2D eigenvalue weighted by molar-refractivity contribution is 5.95. The molecule has 25 heavy (non-hydrogen) atoms. The summed E-state index contributed by atoms with van der Waals surface area (Å²) in [5.41, 5.74) is 0.643. The fraction of sp³-hybridized carbons (Fsp3) is 0.389. The molecule has 2 aliphatic heterocycles. The molecular formula is C18H20N4O3. The number of rotatable bonds is 3. The van der Waals surface area contributed by atoms with E-state index in [1.54, 1.807) is 18.3 Å². The van der Waals surface area contributed by atoms with Gasteiger partial charge in [0.05, 0.1) is 0 Å². The number of nitrogens with one attached hydrogen (secondary N) is 1. The highest BCUT2D eigenvalue weighted by Gasteiger charge is 2.25. The zero-order valence-electron chi connectivity index (χ0n) is 13.9. The van der Waals surface area contributed by atoms with Gasteiger partial charge in [0.1, 0.15) is 19.0 Å². The summed E-state index contributed by atoms with van der Waals surface area (Å²) in [6.07, 6.45) is 3.42. The van der Waals surface area contributed by atoms with Crippen LogP contribution in [0.15, 0.2) is 36.5 Å². The van der Waals surface area contributed by atoms with E-state index >= 15 is 0 Å². The third-order valence-electron chi connectivity index (χ3n) is 4.50. The summed E-state index contributed by atoms with van der Waals surface area (Å²) in [6.45, 7) is 2.49. The SMILES string of the molecule is O=C(c1ccc2c(c1)OCCO2)N1CCC(Nc2cccnn2)CC1. The molecule has 3 heterocycles. The lowest BCUT2D eigenvalue weighted by atomic mass is 10.0. The Kier molecular flexibility index (Phi) is 4.37. The Bertz CT molecular complexity index is 745. The largest absolute Gasteiger partial charge is 0.486 e. The first-order chi connectivity index (χ1) is 12.3. The van der Waals surface area contributed by atoms with Crippen LogP contribution in [-0.4, -0.2) is 53.3 Å². The van der Waals surface area contributed by atoms with Crippen molar-refractivity contribution in [1.82, 2.24) is 15.1 Å². The highest BCUT2D eigenvalue weighted by Crippen LogP contribution is 2.31. The molecule has 1 saturated heterocycles. The number of carbonyl (C=O) groups excluding carboxylic acids is 1. The smallest absolute Gasteiger partial charge is 0.253 e. The van der Waals surface area contributed by atoms with Gasteiger partial charge in [-0.3, -0.25) is 4.79 Å². The molecule has 0 radical (unpaired) electrons. The molecule has 0 spiro atoms. The minimum Gasteiger partial charge on any atom is -0.486 e. The third kappa shape index (κ3) is 3.50. The van der Waals surface area contributed by atoms with Crippen molar-refractivity contribution in [3.8, 4) is 11.5 Å². The monoisotopic (exact) mass is 340 g/mol. The predicted octanol–water partition coefficient (Wildman–Crippen LogP) is 1.96. The van der Waals surface area contributed by atoms with Crippen LogP contribution in [0.25, 0.3) is 0 Å². The second-order valence-corrected chi connectivity index (χ2v) is 6.18. The van der Waals surface area contributed by atoms with Crippen LogP contribution >= 0.6 is 0 Å². The number of likely N-dealkylation sites (tertiary alicyclic amines) is 1. The maximum Gasteiger partial charge on any atom is 0.253 e. The van der Waals surface area contributed by atoms with Crippen LogP contribution in [0.2, 0.25) is 0 Å². The molecule has 1 aromatic heterocycles. The second kappa shape index (κ2) is 6.96. The lowest BCUT2D eigenvalue weighted by Gasteiger charge is -2.32. The van der Waals surface area contributed by atoms with E-state index in [1.807, 2.05) is 23.1 Å². The number of aromatic nitrogens is 2. The van der Waals surface area contributed by atoms with Crippen molar-refractivity contribution in [2.45, 2.75) is 18.9 Å². The lowest BCUT2D eigenvalue weighted by molar-refractivity contribution is 0.0717.